The molecule has 2 rings (SSSR count). The van der Waals surface area contributed by atoms with E-state index in [-0.39, 0.29) is 17.2 Å². The highest BCUT2D eigenvalue weighted by atomic mass is 79.9. The number of aromatic nitrogens is 1. The fraction of sp³-hybridized carbons (Fsp3) is 0.0833. The topological polar surface area (TPSA) is 42.4 Å². The molecule has 0 spiro atoms. The van der Waals surface area contributed by atoms with Gasteiger partial charge in [0.25, 0.3) is 0 Å². The number of nitrogens with zero attached hydrogens (tertiary/aromatic N) is 1. The molecule has 0 unspecified atom stereocenters. The van der Waals surface area contributed by atoms with Crippen LogP contribution >= 0.6 is 15.9 Å². The van der Waals surface area contributed by atoms with Gasteiger partial charge in [0, 0.05) is 10.0 Å². The fourth-order valence-electron chi connectivity index (χ4n) is 1.33. The lowest BCUT2D eigenvalue weighted by atomic mass is 10.3. The van der Waals surface area contributed by atoms with Crippen molar-refractivity contribution < 1.29 is 18.6 Å². The van der Waals surface area contributed by atoms with Crippen LogP contribution in [0.2, 0.25) is 0 Å². The van der Waals surface area contributed by atoms with Crippen molar-refractivity contribution in [2.24, 2.45) is 0 Å². The summed E-state index contributed by atoms with van der Waals surface area (Å²) in [6.07, 6.45) is 0.935. The molecular formula is C12H8BrF2NO2. The van der Waals surface area contributed by atoms with E-state index in [1.165, 1.54) is 18.2 Å². The van der Waals surface area contributed by atoms with Crippen LogP contribution in [0.3, 0.4) is 0 Å². The van der Waals surface area contributed by atoms with Gasteiger partial charge >= 0.3 is 0 Å². The van der Waals surface area contributed by atoms with E-state index in [1.807, 2.05) is 0 Å². The zero-order valence-electron chi connectivity index (χ0n) is 9.03. The highest BCUT2D eigenvalue weighted by molar-refractivity contribution is 9.10. The molecule has 1 heterocycles. The molecule has 0 amide bonds. The van der Waals surface area contributed by atoms with Gasteiger partial charge in [0.2, 0.25) is 5.88 Å². The Morgan fingerprint density at radius 1 is 1.28 bits per heavy atom. The van der Waals surface area contributed by atoms with Crippen LogP contribution < -0.4 is 4.74 Å². The number of aliphatic hydroxyl groups excluding tert-OH is 1. The van der Waals surface area contributed by atoms with E-state index < -0.39 is 18.2 Å². The smallest absolute Gasteiger partial charge is 0.225 e. The van der Waals surface area contributed by atoms with Gasteiger partial charge in [-0.05, 0) is 24.3 Å². The third-order valence-electron chi connectivity index (χ3n) is 2.16. The second-order valence-electron chi connectivity index (χ2n) is 3.45. The van der Waals surface area contributed by atoms with E-state index in [9.17, 15) is 8.78 Å². The van der Waals surface area contributed by atoms with Gasteiger partial charge in [-0.15, -0.1) is 0 Å². The third kappa shape index (κ3) is 2.83. The van der Waals surface area contributed by atoms with E-state index in [4.69, 9.17) is 9.84 Å². The lowest BCUT2D eigenvalue weighted by Crippen LogP contribution is -1.97. The Morgan fingerprint density at radius 3 is 2.78 bits per heavy atom. The van der Waals surface area contributed by atoms with Crippen molar-refractivity contribution in [3.8, 4) is 11.6 Å². The van der Waals surface area contributed by atoms with E-state index in [0.717, 1.165) is 12.3 Å². The molecule has 0 saturated heterocycles. The van der Waals surface area contributed by atoms with Gasteiger partial charge in [-0.2, -0.15) is 0 Å². The second-order valence-corrected chi connectivity index (χ2v) is 4.37. The molecule has 0 aliphatic heterocycles. The highest BCUT2D eigenvalue weighted by Gasteiger charge is 2.11. The van der Waals surface area contributed by atoms with Crippen molar-refractivity contribution >= 4 is 15.9 Å². The van der Waals surface area contributed by atoms with Crippen LogP contribution in [0.15, 0.2) is 34.9 Å². The van der Waals surface area contributed by atoms with Crippen molar-refractivity contribution in [1.82, 2.24) is 4.98 Å². The largest absolute Gasteiger partial charge is 0.436 e. The first-order chi connectivity index (χ1) is 8.60. The maximum Gasteiger partial charge on any atom is 0.225 e. The van der Waals surface area contributed by atoms with Gasteiger partial charge in [-0.3, -0.25) is 0 Å². The Hall–Kier alpha value is -1.53. The van der Waals surface area contributed by atoms with E-state index >= 15 is 0 Å². The maximum atomic E-state index is 13.5. The van der Waals surface area contributed by atoms with Gasteiger partial charge in [0.1, 0.15) is 5.82 Å². The SMILES string of the molecule is OCc1cc(F)cnc1Oc1cc(Br)ccc1F. The first-order valence-electron chi connectivity index (χ1n) is 4.98. The number of pyridine rings is 1. The summed E-state index contributed by atoms with van der Waals surface area (Å²) in [5, 5.41) is 9.06. The molecule has 94 valence electrons. The zero-order chi connectivity index (χ0) is 13.1. The van der Waals surface area contributed by atoms with Crippen molar-refractivity contribution in [1.29, 1.82) is 0 Å². The average Bonchev–Trinajstić information content (AvgIpc) is 2.36. The minimum absolute atomic E-state index is 0.0316. The second kappa shape index (κ2) is 5.41. The molecular weight excluding hydrogens is 308 g/mol. The molecule has 0 fully saturated rings. The fourth-order valence-corrected chi connectivity index (χ4v) is 1.67. The van der Waals surface area contributed by atoms with Gasteiger partial charge in [-0.1, -0.05) is 15.9 Å². The number of rotatable bonds is 3. The number of hydrogen-bond donors (Lipinski definition) is 1. The molecule has 0 aliphatic carbocycles. The van der Waals surface area contributed by atoms with Crippen LogP contribution in [0.25, 0.3) is 0 Å². The van der Waals surface area contributed by atoms with E-state index in [0.29, 0.717) is 4.47 Å². The van der Waals surface area contributed by atoms with Gasteiger partial charge in [0.15, 0.2) is 11.6 Å². The summed E-state index contributed by atoms with van der Waals surface area (Å²) in [4.78, 5) is 3.68. The zero-order valence-corrected chi connectivity index (χ0v) is 10.6. The van der Waals surface area contributed by atoms with Crippen LogP contribution in [-0.2, 0) is 6.61 Å². The summed E-state index contributed by atoms with van der Waals surface area (Å²) in [5.41, 5.74) is 0.148. The van der Waals surface area contributed by atoms with Crippen molar-refractivity contribution in [2.75, 3.05) is 0 Å². The third-order valence-corrected chi connectivity index (χ3v) is 2.66. The van der Waals surface area contributed by atoms with Crippen LogP contribution in [-0.4, -0.2) is 10.1 Å². The van der Waals surface area contributed by atoms with Crippen LogP contribution in [0.4, 0.5) is 8.78 Å². The first-order valence-corrected chi connectivity index (χ1v) is 5.77. The first kappa shape index (κ1) is 12.9. The quantitative estimate of drug-likeness (QED) is 0.943. The Labute approximate surface area is 110 Å². The summed E-state index contributed by atoms with van der Waals surface area (Å²) >= 11 is 3.18. The molecule has 6 heteroatoms. The molecule has 0 aliphatic rings. The van der Waals surface area contributed by atoms with Gasteiger partial charge in [0.05, 0.1) is 12.8 Å². The number of ether oxygens (including phenoxy) is 1. The molecule has 0 radical (unpaired) electrons. The van der Waals surface area contributed by atoms with E-state index in [2.05, 4.69) is 20.9 Å². The van der Waals surface area contributed by atoms with Gasteiger partial charge in [-0.25, -0.2) is 13.8 Å². The lowest BCUT2D eigenvalue weighted by molar-refractivity contribution is 0.273. The number of aliphatic hydroxyl groups is 1. The normalized spacial score (nSPS) is 10.4. The van der Waals surface area contributed by atoms with Crippen LogP contribution in [0.5, 0.6) is 11.6 Å². The Balaban J connectivity index is 2.36. The molecule has 1 aromatic carbocycles. The maximum absolute atomic E-state index is 13.5. The Kier molecular flexibility index (Phi) is 3.88. The molecule has 3 nitrogen and oxygen atoms in total. The minimum atomic E-state index is -0.596. The van der Waals surface area contributed by atoms with E-state index in [1.54, 1.807) is 0 Å². The molecule has 18 heavy (non-hydrogen) atoms. The number of benzene rings is 1. The van der Waals surface area contributed by atoms with Crippen molar-refractivity contribution in [2.45, 2.75) is 6.61 Å². The Bertz CT molecular complexity index is 578. The summed E-state index contributed by atoms with van der Waals surface area (Å²) in [5.74, 6) is -1.26. The van der Waals surface area contributed by atoms with Gasteiger partial charge < -0.3 is 9.84 Å². The molecule has 2 aromatic rings. The summed E-state index contributed by atoms with van der Waals surface area (Å²) in [6, 6.07) is 5.24. The monoisotopic (exact) mass is 315 g/mol. The predicted molar refractivity (Wildman–Crippen MR) is 64.3 cm³/mol. The number of hydrogen-bond acceptors (Lipinski definition) is 3. The Morgan fingerprint density at radius 2 is 2.06 bits per heavy atom. The van der Waals surface area contributed by atoms with Crippen LogP contribution in [0, 0.1) is 11.6 Å². The van der Waals surface area contributed by atoms with Crippen molar-refractivity contribution in [3.63, 3.8) is 0 Å². The average molecular weight is 316 g/mol. The van der Waals surface area contributed by atoms with Crippen molar-refractivity contribution in [3.05, 3.63) is 52.1 Å². The summed E-state index contributed by atoms with van der Waals surface area (Å²) < 4.78 is 32.2. The predicted octanol–water partition coefficient (Wildman–Crippen LogP) is 3.41. The molecule has 1 aromatic heterocycles. The summed E-state index contributed by atoms with van der Waals surface area (Å²) in [7, 11) is 0. The number of halogens is 3. The standard InChI is InChI=1S/C12H8BrF2NO2/c13-8-1-2-10(15)11(4-8)18-12-7(6-17)3-9(14)5-16-12/h1-5,17H,6H2. The lowest BCUT2D eigenvalue weighted by Gasteiger charge is -2.09. The van der Waals surface area contributed by atoms with Crippen LogP contribution in [0.1, 0.15) is 5.56 Å². The molecule has 1 N–H and O–H groups in total. The molecule has 0 atom stereocenters. The molecule has 0 saturated carbocycles. The molecule has 0 bridgehead atoms. The summed E-state index contributed by atoms with van der Waals surface area (Å²) in [6.45, 7) is -0.449. The minimum Gasteiger partial charge on any atom is -0.436 e. The highest BCUT2D eigenvalue weighted by Crippen LogP contribution is 2.28.